The molecule has 0 aliphatic carbocycles. The molecule has 6 heteroatoms. The van der Waals surface area contributed by atoms with Crippen molar-refractivity contribution in [3.8, 4) is 0 Å². The highest BCUT2D eigenvalue weighted by molar-refractivity contribution is 9.10. The number of hydrogen-bond acceptors (Lipinski definition) is 2. The van der Waals surface area contributed by atoms with Gasteiger partial charge < -0.3 is 14.9 Å². The minimum absolute atomic E-state index is 0.172. The third-order valence-electron chi connectivity index (χ3n) is 4.61. The number of amides is 1. The van der Waals surface area contributed by atoms with Crippen LogP contribution in [0.5, 0.6) is 0 Å². The van der Waals surface area contributed by atoms with Crippen molar-refractivity contribution in [2.75, 3.05) is 0 Å². The summed E-state index contributed by atoms with van der Waals surface area (Å²) in [5.41, 5.74) is 4.00. The van der Waals surface area contributed by atoms with Gasteiger partial charge >= 0.3 is 0 Å². The standard InChI is InChI=1S/C20H22BrN3O2/c1-4-5-13-11-24(3)18-15(13)8-14(21)9-16(18)19(25)23-10-17-12(2)6-7-22-20(17)26/h6-9,11H,4-5,10H2,1-3H3,(H,22,26)(H,23,25). The van der Waals surface area contributed by atoms with Crippen LogP contribution in [0.4, 0.5) is 0 Å². The Labute approximate surface area is 160 Å². The molecule has 2 heterocycles. The molecule has 2 N–H and O–H groups in total. The van der Waals surface area contributed by atoms with Gasteiger partial charge in [0.05, 0.1) is 11.1 Å². The van der Waals surface area contributed by atoms with Crippen molar-refractivity contribution < 1.29 is 4.79 Å². The zero-order valence-electron chi connectivity index (χ0n) is 15.1. The van der Waals surface area contributed by atoms with E-state index in [0.717, 1.165) is 33.8 Å². The number of fused-ring (bicyclic) bond motifs is 1. The second-order valence-electron chi connectivity index (χ2n) is 6.52. The Morgan fingerprint density at radius 1 is 1.35 bits per heavy atom. The summed E-state index contributed by atoms with van der Waals surface area (Å²) in [7, 11) is 1.96. The van der Waals surface area contributed by atoms with Gasteiger partial charge in [-0.3, -0.25) is 9.59 Å². The van der Waals surface area contributed by atoms with E-state index in [9.17, 15) is 9.59 Å². The van der Waals surface area contributed by atoms with Crippen LogP contribution in [0.25, 0.3) is 10.9 Å². The number of nitrogens with one attached hydrogen (secondary N) is 2. The molecule has 3 aromatic rings. The summed E-state index contributed by atoms with van der Waals surface area (Å²) in [5, 5.41) is 3.98. The Hall–Kier alpha value is -2.34. The van der Waals surface area contributed by atoms with E-state index in [1.165, 1.54) is 5.56 Å². The van der Waals surface area contributed by atoms with Gasteiger partial charge in [-0.05, 0) is 42.7 Å². The number of carbonyl (C=O) groups is 1. The first-order valence-electron chi connectivity index (χ1n) is 8.65. The van der Waals surface area contributed by atoms with Crippen LogP contribution < -0.4 is 10.9 Å². The quantitative estimate of drug-likeness (QED) is 0.664. The van der Waals surface area contributed by atoms with E-state index < -0.39 is 0 Å². The lowest BCUT2D eigenvalue weighted by atomic mass is 10.1. The van der Waals surface area contributed by atoms with Crippen molar-refractivity contribution in [1.29, 1.82) is 0 Å². The highest BCUT2D eigenvalue weighted by Crippen LogP contribution is 2.29. The summed E-state index contributed by atoms with van der Waals surface area (Å²) >= 11 is 3.52. The zero-order valence-corrected chi connectivity index (χ0v) is 16.7. The fourth-order valence-corrected chi connectivity index (χ4v) is 3.78. The average Bonchev–Trinajstić information content (AvgIpc) is 2.89. The van der Waals surface area contributed by atoms with Gasteiger partial charge in [-0.15, -0.1) is 0 Å². The number of aromatic nitrogens is 2. The summed E-state index contributed by atoms with van der Waals surface area (Å²) < 4.78 is 2.87. The van der Waals surface area contributed by atoms with Crippen molar-refractivity contribution in [1.82, 2.24) is 14.9 Å². The lowest BCUT2D eigenvalue weighted by molar-refractivity contribution is 0.0952. The number of nitrogens with zero attached hydrogens (tertiary/aromatic N) is 1. The van der Waals surface area contributed by atoms with Gasteiger partial charge in [0.15, 0.2) is 0 Å². The number of hydrogen-bond donors (Lipinski definition) is 2. The molecule has 3 rings (SSSR count). The minimum Gasteiger partial charge on any atom is -0.350 e. The third-order valence-corrected chi connectivity index (χ3v) is 5.07. The van der Waals surface area contributed by atoms with Crippen molar-refractivity contribution >= 4 is 32.7 Å². The number of H-pyrrole nitrogens is 1. The SMILES string of the molecule is CCCc1cn(C)c2c(C(=O)NCc3c(C)cc[nH]c3=O)cc(Br)cc12. The first kappa shape index (κ1) is 18.5. The molecule has 136 valence electrons. The van der Waals surface area contributed by atoms with Crippen LogP contribution >= 0.6 is 15.9 Å². The summed E-state index contributed by atoms with van der Waals surface area (Å²) in [6.07, 6.45) is 5.71. The van der Waals surface area contributed by atoms with Crippen LogP contribution in [0, 0.1) is 6.92 Å². The molecule has 0 saturated heterocycles. The number of pyridine rings is 1. The molecule has 1 amide bonds. The number of aromatic amines is 1. The summed E-state index contributed by atoms with van der Waals surface area (Å²) in [4.78, 5) is 27.5. The van der Waals surface area contributed by atoms with Gasteiger partial charge in [0.25, 0.3) is 11.5 Å². The smallest absolute Gasteiger partial charge is 0.253 e. The highest BCUT2D eigenvalue weighted by atomic mass is 79.9. The molecule has 0 fully saturated rings. The van der Waals surface area contributed by atoms with Gasteiger partial charge in [-0.1, -0.05) is 29.3 Å². The van der Waals surface area contributed by atoms with E-state index in [0.29, 0.717) is 11.1 Å². The molecule has 0 saturated carbocycles. The molecule has 2 aromatic heterocycles. The molecule has 1 aromatic carbocycles. The first-order chi connectivity index (χ1) is 12.4. The van der Waals surface area contributed by atoms with Crippen LogP contribution in [0.1, 0.15) is 40.4 Å². The lowest BCUT2D eigenvalue weighted by Crippen LogP contribution is -2.27. The van der Waals surface area contributed by atoms with Crippen molar-refractivity contribution in [3.05, 3.63) is 67.7 Å². The monoisotopic (exact) mass is 415 g/mol. The molecule has 0 atom stereocenters. The van der Waals surface area contributed by atoms with Crippen LogP contribution in [0.3, 0.4) is 0 Å². The molecule has 0 spiro atoms. The van der Waals surface area contributed by atoms with Gasteiger partial charge in [0.2, 0.25) is 0 Å². The number of benzene rings is 1. The first-order valence-corrected chi connectivity index (χ1v) is 9.44. The molecule has 0 radical (unpaired) electrons. The Morgan fingerprint density at radius 2 is 2.12 bits per heavy atom. The topological polar surface area (TPSA) is 66.9 Å². The second-order valence-corrected chi connectivity index (χ2v) is 7.43. The normalized spacial score (nSPS) is 11.1. The molecular formula is C20H22BrN3O2. The van der Waals surface area contributed by atoms with Gasteiger partial charge in [-0.2, -0.15) is 0 Å². The van der Waals surface area contributed by atoms with Crippen LogP contribution in [-0.2, 0) is 20.0 Å². The predicted octanol–water partition coefficient (Wildman–Crippen LogP) is 3.82. The number of carbonyl (C=O) groups excluding carboxylic acids is 1. The average molecular weight is 416 g/mol. The molecule has 0 bridgehead atoms. The summed E-state index contributed by atoms with van der Waals surface area (Å²) in [6.45, 7) is 4.20. The number of rotatable bonds is 5. The van der Waals surface area contributed by atoms with Crippen LogP contribution in [-0.4, -0.2) is 15.5 Å². The molecular weight excluding hydrogens is 394 g/mol. The fourth-order valence-electron chi connectivity index (χ4n) is 3.33. The van der Waals surface area contributed by atoms with Crippen molar-refractivity contribution in [2.45, 2.75) is 33.2 Å². The van der Waals surface area contributed by atoms with E-state index in [-0.39, 0.29) is 18.0 Å². The summed E-state index contributed by atoms with van der Waals surface area (Å²) in [6, 6.07) is 5.72. The Bertz CT molecular complexity index is 1030. The largest absolute Gasteiger partial charge is 0.350 e. The molecule has 0 aliphatic rings. The van der Waals surface area contributed by atoms with Gasteiger partial charge in [0.1, 0.15) is 0 Å². The van der Waals surface area contributed by atoms with Gasteiger partial charge in [-0.25, -0.2) is 0 Å². The maximum atomic E-state index is 12.9. The van der Waals surface area contributed by atoms with Crippen LogP contribution in [0.2, 0.25) is 0 Å². The molecule has 0 aliphatic heterocycles. The molecule has 0 unspecified atom stereocenters. The second kappa shape index (κ2) is 7.50. The van der Waals surface area contributed by atoms with E-state index in [1.54, 1.807) is 6.20 Å². The van der Waals surface area contributed by atoms with E-state index in [4.69, 9.17) is 0 Å². The van der Waals surface area contributed by atoms with Crippen molar-refractivity contribution in [3.63, 3.8) is 0 Å². The summed E-state index contributed by atoms with van der Waals surface area (Å²) in [5.74, 6) is -0.191. The Morgan fingerprint density at radius 3 is 2.81 bits per heavy atom. The van der Waals surface area contributed by atoms with Crippen LogP contribution in [0.15, 0.2) is 39.9 Å². The van der Waals surface area contributed by atoms with E-state index in [2.05, 4.69) is 45.4 Å². The maximum absolute atomic E-state index is 12.9. The fraction of sp³-hybridized carbons (Fsp3) is 0.300. The predicted molar refractivity (Wildman–Crippen MR) is 108 cm³/mol. The minimum atomic E-state index is -0.191. The molecule has 26 heavy (non-hydrogen) atoms. The Kier molecular flexibility index (Phi) is 5.32. The van der Waals surface area contributed by atoms with E-state index >= 15 is 0 Å². The van der Waals surface area contributed by atoms with Crippen molar-refractivity contribution in [2.24, 2.45) is 7.05 Å². The zero-order chi connectivity index (χ0) is 18.8. The number of halogens is 1. The maximum Gasteiger partial charge on any atom is 0.253 e. The van der Waals surface area contributed by atoms with Gasteiger partial charge in [0, 0.05) is 41.4 Å². The third kappa shape index (κ3) is 3.46. The lowest BCUT2D eigenvalue weighted by Gasteiger charge is -2.10. The number of aryl methyl sites for hydroxylation is 3. The molecule has 5 nitrogen and oxygen atoms in total. The van der Waals surface area contributed by atoms with E-state index in [1.807, 2.05) is 30.7 Å². The Balaban J connectivity index is 1.97. The highest BCUT2D eigenvalue weighted by Gasteiger charge is 2.17.